The smallest absolute Gasteiger partial charge is 0.262 e. The fraction of sp³-hybridized carbons (Fsp3) is 0.375. The van der Waals surface area contributed by atoms with Crippen LogP contribution in [0.2, 0.25) is 0 Å². The highest BCUT2D eigenvalue weighted by Crippen LogP contribution is 2.31. The second-order valence-corrected chi connectivity index (χ2v) is 9.06. The van der Waals surface area contributed by atoms with Crippen molar-refractivity contribution in [2.75, 3.05) is 5.75 Å². The molecule has 1 atom stereocenters. The summed E-state index contributed by atoms with van der Waals surface area (Å²) in [7, 11) is 0. The lowest BCUT2D eigenvalue weighted by Crippen LogP contribution is -2.31. The molecule has 168 valence electrons. The average Bonchev–Trinajstić information content (AvgIpc) is 2.78. The molecule has 1 amide bonds. The van der Waals surface area contributed by atoms with Crippen molar-refractivity contribution in [3.8, 4) is 0 Å². The number of fused-ring (bicyclic) bond motifs is 1. The molecule has 2 aromatic carbocycles. The van der Waals surface area contributed by atoms with Gasteiger partial charge in [0.15, 0.2) is 5.16 Å². The van der Waals surface area contributed by atoms with Gasteiger partial charge in [0.25, 0.3) is 5.56 Å². The standard InChI is InChI=1S/C24H25F2N3O2S/c1-15(18-12-11-16(25)13-20(18)26)27-22(30)14-32-24-28-21-10-6-5-9-19(21)23(31)29(24)17-7-3-2-4-8-17/h5-6,9-13,15,17H,2-4,7-8,14H2,1H3,(H,27,30). The maximum absolute atomic E-state index is 14.0. The van der Waals surface area contributed by atoms with E-state index >= 15 is 0 Å². The molecule has 3 aromatic rings. The SMILES string of the molecule is CC(NC(=O)CSc1nc2ccccc2c(=O)n1C1CCCCC1)c1ccc(F)cc1F. The predicted molar refractivity (Wildman–Crippen MR) is 122 cm³/mol. The number of thioether (sulfide) groups is 1. The van der Waals surface area contributed by atoms with Gasteiger partial charge in [0.1, 0.15) is 11.6 Å². The van der Waals surface area contributed by atoms with Crippen LogP contribution in [-0.4, -0.2) is 21.2 Å². The van der Waals surface area contributed by atoms with Crippen molar-refractivity contribution < 1.29 is 13.6 Å². The number of nitrogens with one attached hydrogen (secondary N) is 1. The Morgan fingerprint density at radius 1 is 1.19 bits per heavy atom. The zero-order valence-corrected chi connectivity index (χ0v) is 18.6. The van der Waals surface area contributed by atoms with E-state index in [1.807, 2.05) is 12.1 Å². The molecular formula is C24H25F2N3O2S. The minimum absolute atomic E-state index is 0.0324. The lowest BCUT2D eigenvalue weighted by atomic mass is 9.95. The summed E-state index contributed by atoms with van der Waals surface area (Å²) in [4.78, 5) is 30.5. The van der Waals surface area contributed by atoms with Crippen molar-refractivity contribution >= 4 is 28.6 Å². The van der Waals surface area contributed by atoms with Crippen molar-refractivity contribution in [1.29, 1.82) is 0 Å². The van der Waals surface area contributed by atoms with Gasteiger partial charge in [-0.05, 0) is 38.0 Å². The van der Waals surface area contributed by atoms with Gasteiger partial charge in [-0.15, -0.1) is 0 Å². The molecule has 1 aliphatic carbocycles. The number of carbonyl (C=O) groups is 1. The third-order valence-corrected chi connectivity index (χ3v) is 6.81. The molecule has 0 radical (unpaired) electrons. The van der Waals surface area contributed by atoms with Gasteiger partial charge in [0.05, 0.1) is 22.7 Å². The maximum Gasteiger partial charge on any atom is 0.262 e. The minimum Gasteiger partial charge on any atom is -0.349 e. The highest BCUT2D eigenvalue weighted by Gasteiger charge is 2.23. The summed E-state index contributed by atoms with van der Waals surface area (Å²) in [6.07, 6.45) is 5.13. The lowest BCUT2D eigenvalue weighted by molar-refractivity contribution is -0.119. The number of rotatable bonds is 6. The molecule has 32 heavy (non-hydrogen) atoms. The zero-order chi connectivity index (χ0) is 22.7. The number of amides is 1. The molecule has 5 nitrogen and oxygen atoms in total. The van der Waals surface area contributed by atoms with E-state index < -0.39 is 17.7 Å². The Morgan fingerprint density at radius 3 is 2.69 bits per heavy atom. The van der Waals surface area contributed by atoms with Gasteiger partial charge in [-0.3, -0.25) is 14.2 Å². The third-order valence-electron chi connectivity index (χ3n) is 5.85. The first-order valence-corrected chi connectivity index (χ1v) is 11.8. The number of nitrogens with zero attached hydrogens (tertiary/aromatic N) is 2. The van der Waals surface area contributed by atoms with E-state index in [0.717, 1.165) is 44.2 Å². The van der Waals surface area contributed by atoms with Crippen LogP contribution < -0.4 is 10.9 Å². The zero-order valence-electron chi connectivity index (χ0n) is 17.8. The Hall–Kier alpha value is -2.74. The summed E-state index contributed by atoms with van der Waals surface area (Å²) in [5.41, 5.74) is 0.745. The second-order valence-electron chi connectivity index (χ2n) is 8.12. The first-order valence-electron chi connectivity index (χ1n) is 10.8. The fourth-order valence-corrected chi connectivity index (χ4v) is 5.11. The Morgan fingerprint density at radius 2 is 1.94 bits per heavy atom. The van der Waals surface area contributed by atoms with Crippen LogP contribution in [0.1, 0.15) is 56.7 Å². The highest BCUT2D eigenvalue weighted by molar-refractivity contribution is 7.99. The molecule has 1 aromatic heterocycles. The molecule has 0 spiro atoms. The van der Waals surface area contributed by atoms with Crippen molar-refractivity contribution in [1.82, 2.24) is 14.9 Å². The fourth-order valence-electron chi connectivity index (χ4n) is 4.23. The van der Waals surface area contributed by atoms with Crippen LogP contribution in [0.4, 0.5) is 8.78 Å². The van der Waals surface area contributed by atoms with Crippen LogP contribution in [0, 0.1) is 11.6 Å². The lowest BCUT2D eigenvalue weighted by Gasteiger charge is -2.26. The third kappa shape index (κ3) is 4.85. The van der Waals surface area contributed by atoms with Gasteiger partial charge < -0.3 is 5.32 Å². The number of aromatic nitrogens is 2. The quantitative estimate of drug-likeness (QED) is 0.411. The molecule has 0 saturated heterocycles. The van der Waals surface area contributed by atoms with E-state index in [0.29, 0.717) is 16.1 Å². The van der Waals surface area contributed by atoms with Crippen LogP contribution in [0.25, 0.3) is 10.9 Å². The van der Waals surface area contributed by atoms with Crippen molar-refractivity contribution in [2.24, 2.45) is 0 Å². The van der Waals surface area contributed by atoms with Gasteiger partial charge in [-0.25, -0.2) is 13.8 Å². The summed E-state index contributed by atoms with van der Waals surface area (Å²) in [5.74, 6) is -1.65. The van der Waals surface area contributed by atoms with E-state index in [-0.39, 0.29) is 28.8 Å². The monoisotopic (exact) mass is 457 g/mol. The molecule has 4 rings (SSSR count). The van der Waals surface area contributed by atoms with E-state index in [2.05, 4.69) is 10.3 Å². The first-order chi connectivity index (χ1) is 15.4. The van der Waals surface area contributed by atoms with E-state index in [1.54, 1.807) is 23.6 Å². The summed E-state index contributed by atoms with van der Waals surface area (Å²) >= 11 is 1.21. The molecule has 8 heteroatoms. The average molecular weight is 458 g/mol. The molecule has 1 saturated carbocycles. The molecule has 1 aliphatic rings. The number of hydrogen-bond donors (Lipinski definition) is 1. The van der Waals surface area contributed by atoms with Crippen molar-refractivity contribution in [3.63, 3.8) is 0 Å². The number of benzene rings is 2. The molecule has 1 N–H and O–H groups in total. The van der Waals surface area contributed by atoms with E-state index in [4.69, 9.17) is 0 Å². The molecule has 1 fully saturated rings. The van der Waals surface area contributed by atoms with Crippen LogP contribution >= 0.6 is 11.8 Å². The number of halogens is 2. The van der Waals surface area contributed by atoms with E-state index in [9.17, 15) is 18.4 Å². The van der Waals surface area contributed by atoms with Crippen molar-refractivity contribution in [3.05, 3.63) is 70.0 Å². The predicted octanol–water partition coefficient (Wildman–Crippen LogP) is 5.15. The van der Waals surface area contributed by atoms with Gasteiger partial charge in [-0.2, -0.15) is 0 Å². The van der Waals surface area contributed by atoms with Crippen LogP contribution in [-0.2, 0) is 4.79 Å². The minimum atomic E-state index is -0.701. The summed E-state index contributed by atoms with van der Waals surface area (Å²) in [6.45, 7) is 1.64. The Labute approximate surface area is 189 Å². The number of para-hydroxylation sites is 1. The van der Waals surface area contributed by atoms with Crippen LogP contribution in [0.5, 0.6) is 0 Å². The molecule has 1 heterocycles. The van der Waals surface area contributed by atoms with Crippen LogP contribution in [0.3, 0.4) is 0 Å². The topological polar surface area (TPSA) is 64.0 Å². The summed E-state index contributed by atoms with van der Waals surface area (Å²) < 4.78 is 28.9. The number of hydrogen-bond acceptors (Lipinski definition) is 4. The van der Waals surface area contributed by atoms with Crippen LogP contribution in [0.15, 0.2) is 52.4 Å². The van der Waals surface area contributed by atoms with Gasteiger partial charge in [-0.1, -0.05) is 49.2 Å². The molecule has 0 bridgehead atoms. The Bertz CT molecular complexity index is 1190. The highest BCUT2D eigenvalue weighted by atomic mass is 32.2. The Kier molecular flexibility index (Phi) is 6.89. The maximum atomic E-state index is 14.0. The van der Waals surface area contributed by atoms with Gasteiger partial charge in [0.2, 0.25) is 5.91 Å². The normalized spacial score (nSPS) is 15.6. The van der Waals surface area contributed by atoms with E-state index in [1.165, 1.54) is 17.8 Å². The van der Waals surface area contributed by atoms with Gasteiger partial charge in [0, 0.05) is 17.7 Å². The molecule has 0 aliphatic heterocycles. The van der Waals surface area contributed by atoms with Gasteiger partial charge >= 0.3 is 0 Å². The number of carbonyl (C=O) groups excluding carboxylic acids is 1. The largest absolute Gasteiger partial charge is 0.349 e. The molecule has 1 unspecified atom stereocenters. The Balaban J connectivity index is 1.54. The first kappa shape index (κ1) is 22.5. The second kappa shape index (κ2) is 9.81. The van der Waals surface area contributed by atoms with Crippen molar-refractivity contribution in [2.45, 2.75) is 56.3 Å². The molecular weight excluding hydrogens is 432 g/mol. The summed E-state index contributed by atoms with van der Waals surface area (Å²) in [5, 5.41) is 3.84. The summed E-state index contributed by atoms with van der Waals surface area (Å²) in [6, 6.07) is 9.99.